The van der Waals surface area contributed by atoms with E-state index in [-0.39, 0.29) is 0 Å². The van der Waals surface area contributed by atoms with Gasteiger partial charge in [-0.2, -0.15) is 0 Å². The fraction of sp³-hybridized carbons (Fsp3) is 0.286. The molecule has 3 heteroatoms. The van der Waals surface area contributed by atoms with E-state index in [4.69, 9.17) is 0 Å². The van der Waals surface area contributed by atoms with Crippen LogP contribution < -0.4 is 0 Å². The molecule has 0 aromatic carbocycles. The molecule has 0 fully saturated rings. The molecule has 10 heavy (non-hydrogen) atoms. The van der Waals surface area contributed by atoms with Gasteiger partial charge in [0.15, 0.2) is 5.82 Å². The fourth-order valence-electron chi connectivity index (χ4n) is 0.675. The third kappa shape index (κ3) is 1.18. The second-order valence-corrected chi connectivity index (χ2v) is 2.08. The van der Waals surface area contributed by atoms with E-state index in [2.05, 4.69) is 21.7 Å². The first kappa shape index (κ1) is 6.86. The summed E-state index contributed by atoms with van der Waals surface area (Å²) in [5, 5.41) is 0. The molecule has 1 rings (SSSR count). The third-order valence-corrected chi connectivity index (χ3v) is 1.20. The van der Waals surface area contributed by atoms with Crippen LogP contribution in [0.25, 0.3) is 0 Å². The monoisotopic (exact) mass is 135 g/mol. The van der Waals surface area contributed by atoms with E-state index in [0.717, 1.165) is 11.4 Å². The number of aryl methyl sites for hydroxylation is 2. The lowest BCUT2D eigenvalue weighted by Crippen LogP contribution is -1.87. The Hall–Kier alpha value is -1.25. The molecule has 1 aromatic rings. The minimum atomic E-state index is 0.625. The summed E-state index contributed by atoms with van der Waals surface area (Å²) in [5.41, 5.74) is 1.69. The number of aliphatic imine (C=N–C) groups is 1. The molecule has 0 aliphatic rings. The average molecular weight is 135 g/mol. The van der Waals surface area contributed by atoms with Gasteiger partial charge in [-0.25, -0.2) is 9.98 Å². The lowest BCUT2D eigenvalue weighted by atomic mass is 10.4. The largest absolute Gasteiger partial charge is 0.256 e. The van der Waals surface area contributed by atoms with Crippen LogP contribution in [0, 0.1) is 13.8 Å². The van der Waals surface area contributed by atoms with Gasteiger partial charge in [-0.05, 0) is 20.6 Å². The molecule has 0 aliphatic heterocycles. The van der Waals surface area contributed by atoms with E-state index in [1.165, 1.54) is 0 Å². The minimum Gasteiger partial charge on any atom is -0.256 e. The zero-order valence-electron chi connectivity index (χ0n) is 6.13. The predicted molar refractivity (Wildman–Crippen MR) is 40.7 cm³/mol. The molecule has 1 heterocycles. The Kier molecular flexibility index (Phi) is 1.76. The van der Waals surface area contributed by atoms with Crippen LogP contribution in [0.4, 0.5) is 5.82 Å². The topological polar surface area (TPSA) is 38.1 Å². The number of aromatic nitrogens is 2. The second-order valence-electron chi connectivity index (χ2n) is 2.08. The Morgan fingerprint density at radius 1 is 1.50 bits per heavy atom. The Morgan fingerprint density at radius 2 is 2.20 bits per heavy atom. The zero-order chi connectivity index (χ0) is 7.56. The third-order valence-electron chi connectivity index (χ3n) is 1.20. The van der Waals surface area contributed by atoms with E-state index in [1.54, 1.807) is 6.20 Å². The lowest BCUT2D eigenvalue weighted by molar-refractivity contribution is 1.05. The lowest BCUT2D eigenvalue weighted by Gasteiger charge is -1.96. The molecule has 0 aliphatic carbocycles. The summed E-state index contributed by atoms with van der Waals surface area (Å²) >= 11 is 0. The Morgan fingerprint density at radius 3 is 2.70 bits per heavy atom. The van der Waals surface area contributed by atoms with Crippen molar-refractivity contribution in [1.82, 2.24) is 9.97 Å². The number of rotatable bonds is 1. The highest BCUT2D eigenvalue weighted by Gasteiger charge is 1.96. The maximum absolute atomic E-state index is 4.10. The highest BCUT2D eigenvalue weighted by Crippen LogP contribution is 2.10. The molecule has 0 N–H and O–H groups in total. The molecule has 1 aromatic heterocycles. The maximum atomic E-state index is 4.10. The summed E-state index contributed by atoms with van der Waals surface area (Å²) < 4.78 is 0. The summed E-state index contributed by atoms with van der Waals surface area (Å²) in [4.78, 5) is 11.9. The second kappa shape index (κ2) is 2.56. The van der Waals surface area contributed by atoms with Crippen LogP contribution in [0.5, 0.6) is 0 Å². The quantitative estimate of drug-likeness (QED) is 0.546. The van der Waals surface area contributed by atoms with Crippen molar-refractivity contribution >= 4 is 12.5 Å². The molecule has 0 radical (unpaired) electrons. The van der Waals surface area contributed by atoms with Gasteiger partial charge in [0.1, 0.15) is 0 Å². The first-order chi connectivity index (χ1) is 4.74. The molecular weight excluding hydrogens is 126 g/mol. The minimum absolute atomic E-state index is 0.625. The van der Waals surface area contributed by atoms with E-state index in [9.17, 15) is 0 Å². The summed E-state index contributed by atoms with van der Waals surface area (Å²) in [6.07, 6.45) is 1.71. The Labute approximate surface area is 59.9 Å². The first-order valence-electron chi connectivity index (χ1n) is 3.01. The highest BCUT2D eigenvalue weighted by atomic mass is 14.9. The Balaban J connectivity index is 3.21. The normalized spacial score (nSPS) is 9.40. The van der Waals surface area contributed by atoms with Crippen LogP contribution in [0.2, 0.25) is 0 Å². The van der Waals surface area contributed by atoms with E-state index in [0.29, 0.717) is 5.82 Å². The molecule has 0 bridgehead atoms. The summed E-state index contributed by atoms with van der Waals surface area (Å²) in [7, 11) is 0. The number of nitrogens with zero attached hydrogens (tertiary/aromatic N) is 3. The molecule has 0 saturated heterocycles. The molecule has 0 saturated carbocycles. The van der Waals surface area contributed by atoms with Crippen molar-refractivity contribution in [2.45, 2.75) is 13.8 Å². The van der Waals surface area contributed by atoms with Gasteiger partial charge in [0, 0.05) is 6.20 Å². The molecule has 0 amide bonds. The van der Waals surface area contributed by atoms with Gasteiger partial charge in [-0.15, -0.1) is 0 Å². The van der Waals surface area contributed by atoms with E-state index >= 15 is 0 Å². The van der Waals surface area contributed by atoms with Gasteiger partial charge < -0.3 is 0 Å². The van der Waals surface area contributed by atoms with Crippen molar-refractivity contribution in [3.05, 3.63) is 17.6 Å². The zero-order valence-corrected chi connectivity index (χ0v) is 6.13. The van der Waals surface area contributed by atoms with Gasteiger partial charge in [-0.3, -0.25) is 4.98 Å². The van der Waals surface area contributed by atoms with Gasteiger partial charge >= 0.3 is 0 Å². The van der Waals surface area contributed by atoms with Gasteiger partial charge in [0.25, 0.3) is 0 Å². The SMILES string of the molecule is C=Nc1nc(C)cnc1C. The molecule has 0 unspecified atom stereocenters. The summed E-state index contributed by atoms with van der Waals surface area (Å²) in [6.45, 7) is 7.11. The fourth-order valence-corrected chi connectivity index (χ4v) is 0.675. The van der Waals surface area contributed by atoms with Crippen molar-refractivity contribution in [3.63, 3.8) is 0 Å². The van der Waals surface area contributed by atoms with Crippen molar-refractivity contribution < 1.29 is 0 Å². The van der Waals surface area contributed by atoms with Crippen molar-refractivity contribution in [3.8, 4) is 0 Å². The van der Waals surface area contributed by atoms with Crippen LogP contribution in [0.1, 0.15) is 11.4 Å². The van der Waals surface area contributed by atoms with Crippen molar-refractivity contribution in [2.75, 3.05) is 0 Å². The molecule has 0 spiro atoms. The Bertz CT molecular complexity index is 255. The predicted octanol–water partition coefficient (Wildman–Crippen LogP) is 1.43. The summed E-state index contributed by atoms with van der Waals surface area (Å²) in [5.74, 6) is 0.625. The van der Waals surface area contributed by atoms with Crippen molar-refractivity contribution in [1.29, 1.82) is 0 Å². The van der Waals surface area contributed by atoms with Gasteiger partial charge in [-0.1, -0.05) is 0 Å². The number of hydrogen-bond acceptors (Lipinski definition) is 3. The molecule has 3 nitrogen and oxygen atoms in total. The van der Waals surface area contributed by atoms with Crippen LogP contribution in [0.3, 0.4) is 0 Å². The van der Waals surface area contributed by atoms with Crippen molar-refractivity contribution in [2.24, 2.45) is 4.99 Å². The summed E-state index contributed by atoms with van der Waals surface area (Å²) in [6, 6.07) is 0. The standard InChI is InChI=1S/C7H9N3/c1-5-4-9-6(2)7(8-3)10-5/h4H,3H2,1-2H3. The van der Waals surface area contributed by atoms with Gasteiger partial charge in [0.2, 0.25) is 0 Å². The maximum Gasteiger partial charge on any atom is 0.173 e. The molecule has 0 atom stereocenters. The van der Waals surface area contributed by atoms with Crippen LogP contribution in [0.15, 0.2) is 11.2 Å². The highest BCUT2D eigenvalue weighted by molar-refractivity contribution is 5.42. The van der Waals surface area contributed by atoms with E-state index < -0.39 is 0 Å². The van der Waals surface area contributed by atoms with Crippen LogP contribution in [-0.4, -0.2) is 16.7 Å². The van der Waals surface area contributed by atoms with Crippen LogP contribution in [-0.2, 0) is 0 Å². The smallest absolute Gasteiger partial charge is 0.173 e. The number of hydrogen-bond donors (Lipinski definition) is 0. The van der Waals surface area contributed by atoms with Gasteiger partial charge in [0.05, 0.1) is 11.4 Å². The molecule has 52 valence electrons. The average Bonchev–Trinajstić information content (AvgIpc) is 1.94. The molecular formula is C7H9N3. The van der Waals surface area contributed by atoms with Crippen LogP contribution >= 0.6 is 0 Å². The van der Waals surface area contributed by atoms with E-state index in [1.807, 2.05) is 13.8 Å². The first-order valence-corrected chi connectivity index (χ1v) is 3.01.